The van der Waals surface area contributed by atoms with Crippen LogP contribution >= 0.6 is 39.1 Å². The number of nitrogens with one attached hydrogen (secondary N) is 1. The monoisotopic (exact) mass is 411 g/mol. The van der Waals surface area contributed by atoms with Gasteiger partial charge in [-0.25, -0.2) is 4.98 Å². The molecule has 0 atom stereocenters. The second-order valence-corrected chi connectivity index (χ2v) is 8.12. The molecule has 0 fully saturated rings. The lowest BCUT2D eigenvalue weighted by atomic mass is 10.1. The SMILES string of the molecule is CC(C)(C)Nc1c(-c2cccc(Cl)c2)nc2c(Br)cc(Cl)cn12. The molecule has 3 rings (SSSR count). The summed E-state index contributed by atoms with van der Waals surface area (Å²) >= 11 is 15.9. The first-order valence-electron chi connectivity index (χ1n) is 7.16. The largest absolute Gasteiger partial charge is 0.365 e. The van der Waals surface area contributed by atoms with E-state index in [1.807, 2.05) is 40.9 Å². The van der Waals surface area contributed by atoms with Crippen LogP contribution in [0.5, 0.6) is 0 Å². The van der Waals surface area contributed by atoms with E-state index in [9.17, 15) is 0 Å². The number of hydrogen-bond acceptors (Lipinski definition) is 2. The van der Waals surface area contributed by atoms with Crippen LogP contribution in [0, 0.1) is 0 Å². The molecule has 23 heavy (non-hydrogen) atoms. The van der Waals surface area contributed by atoms with Crippen molar-refractivity contribution in [3.05, 3.63) is 51.0 Å². The fraction of sp³-hybridized carbons (Fsp3) is 0.235. The van der Waals surface area contributed by atoms with Gasteiger partial charge in [0.15, 0.2) is 5.65 Å². The van der Waals surface area contributed by atoms with Crippen LogP contribution in [0.2, 0.25) is 10.0 Å². The van der Waals surface area contributed by atoms with Crippen molar-refractivity contribution in [1.29, 1.82) is 0 Å². The van der Waals surface area contributed by atoms with Crippen LogP contribution < -0.4 is 5.32 Å². The third-order valence-electron chi connectivity index (χ3n) is 3.23. The third kappa shape index (κ3) is 3.49. The van der Waals surface area contributed by atoms with Crippen molar-refractivity contribution < 1.29 is 0 Å². The Hall–Kier alpha value is -1.23. The van der Waals surface area contributed by atoms with Gasteiger partial charge in [-0.1, -0.05) is 35.3 Å². The van der Waals surface area contributed by atoms with Gasteiger partial charge in [0.1, 0.15) is 11.5 Å². The molecule has 2 aromatic heterocycles. The lowest BCUT2D eigenvalue weighted by Crippen LogP contribution is -2.27. The van der Waals surface area contributed by atoms with Crippen LogP contribution in [0.1, 0.15) is 20.8 Å². The van der Waals surface area contributed by atoms with Crippen molar-refractivity contribution in [1.82, 2.24) is 9.38 Å². The topological polar surface area (TPSA) is 29.3 Å². The number of halogens is 3. The first-order chi connectivity index (χ1) is 10.7. The Morgan fingerprint density at radius 3 is 2.52 bits per heavy atom. The minimum Gasteiger partial charge on any atom is -0.365 e. The van der Waals surface area contributed by atoms with Gasteiger partial charge < -0.3 is 5.32 Å². The van der Waals surface area contributed by atoms with E-state index in [1.165, 1.54) is 0 Å². The van der Waals surface area contributed by atoms with Gasteiger partial charge in [0.05, 0.1) is 9.50 Å². The molecule has 1 aromatic carbocycles. The maximum absolute atomic E-state index is 6.22. The first-order valence-corrected chi connectivity index (χ1v) is 8.71. The standard InChI is InChI=1S/C17H16BrCl2N3/c1-17(2,3)22-16-14(10-5-4-6-11(19)7-10)21-15-13(18)8-12(20)9-23(15)16/h4-9,22H,1-3H3. The summed E-state index contributed by atoms with van der Waals surface area (Å²) in [5.74, 6) is 0.887. The van der Waals surface area contributed by atoms with Crippen LogP contribution in [-0.4, -0.2) is 14.9 Å². The Labute approximate surface area is 153 Å². The summed E-state index contributed by atoms with van der Waals surface area (Å²) in [6.45, 7) is 6.31. The zero-order valence-electron chi connectivity index (χ0n) is 13.0. The van der Waals surface area contributed by atoms with E-state index < -0.39 is 0 Å². The zero-order valence-corrected chi connectivity index (χ0v) is 16.1. The molecule has 2 heterocycles. The van der Waals surface area contributed by atoms with Crippen LogP contribution in [0.15, 0.2) is 41.0 Å². The summed E-state index contributed by atoms with van der Waals surface area (Å²) in [5, 5.41) is 4.84. The van der Waals surface area contributed by atoms with Crippen molar-refractivity contribution in [2.24, 2.45) is 0 Å². The molecule has 6 heteroatoms. The number of benzene rings is 1. The van der Waals surface area contributed by atoms with E-state index in [-0.39, 0.29) is 5.54 Å². The minimum atomic E-state index is -0.127. The molecule has 0 spiro atoms. The normalized spacial score (nSPS) is 11.9. The molecule has 0 unspecified atom stereocenters. The maximum atomic E-state index is 6.22. The molecule has 1 N–H and O–H groups in total. The van der Waals surface area contributed by atoms with E-state index in [0.717, 1.165) is 27.2 Å². The fourth-order valence-corrected chi connectivity index (χ4v) is 3.44. The Balaban J connectivity index is 2.32. The van der Waals surface area contributed by atoms with Gasteiger partial charge in [-0.2, -0.15) is 0 Å². The molecule has 0 aliphatic carbocycles. The minimum absolute atomic E-state index is 0.127. The highest BCUT2D eigenvalue weighted by atomic mass is 79.9. The van der Waals surface area contributed by atoms with Crippen LogP contribution in [0.25, 0.3) is 16.9 Å². The third-order valence-corrected chi connectivity index (χ3v) is 4.26. The summed E-state index contributed by atoms with van der Waals surface area (Å²) in [6.07, 6.45) is 1.86. The number of aromatic nitrogens is 2. The number of anilines is 1. The smallest absolute Gasteiger partial charge is 0.153 e. The molecule has 120 valence electrons. The van der Waals surface area contributed by atoms with Gasteiger partial charge >= 0.3 is 0 Å². The molecular weight excluding hydrogens is 397 g/mol. The quantitative estimate of drug-likeness (QED) is 0.536. The number of rotatable bonds is 2. The van der Waals surface area contributed by atoms with Crippen molar-refractivity contribution >= 4 is 50.6 Å². The Kier molecular flexibility index (Phi) is 4.34. The molecule has 0 aliphatic rings. The van der Waals surface area contributed by atoms with E-state index in [2.05, 4.69) is 42.0 Å². The molecule has 3 aromatic rings. The van der Waals surface area contributed by atoms with Crippen molar-refractivity contribution in [2.45, 2.75) is 26.3 Å². The first kappa shape index (κ1) is 16.6. The van der Waals surface area contributed by atoms with Gasteiger partial charge in [-0.15, -0.1) is 0 Å². The van der Waals surface area contributed by atoms with Gasteiger partial charge in [-0.3, -0.25) is 4.40 Å². The van der Waals surface area contributed by atoms with Gasteiger partial charge in [0.2, 0.25) is 0 Å². The second-order valence-electron chi connectivity index (χ2n) is 6.39. The summed E-state index contributed by atoms with van der Waals surface area (Å²) in [7, 11) is 0. The van der Waals surface area contributed by atoms with E-state index >= 15 is 0 Å². The molecule has 0 saturated heterocycles. The number of hydrogen-bond donors (Lipinski definition) is 1. The predicted molar refractivity (Wildman–Crippen MR) is 102 cm³/mol. The van der Waals surface area contributed by atoms with E-state index in [4.69, 9.17) is 28.2 Å². The van der Waals surface area contributed by atoms with Gasteiger partial charge in [0.25, 0.3) is 0 Å². The number of nitrogens with zero attached hydrogens (tertiary/aromatic N) is 2. The molecular formula is C17H16BrCl2N3. The molecule has 3 nitrogen and oxygen atoms in total. The summed E-state index contributed by atoms with van der Waals surface area (Å²) in [6, 6.07) is 9.52. The highest BCUT2D eigenvalue weighted by Gasteiger charge is 2.20. The lowest BCUT2D eigenvalue weighted by molar-refractivity contribution is 0.629. The van der Waals surface area contributed by atoms with Crippen LogP contribution in [0.3, 0.4) is 0 Å². The molecule has 0 amide bonds. The molecule has 0 saturated carbocycles. The van der Waals surface area contributed by atoms with Crippen LogP contribution in [-0.2, 0) is 0 Å². The Morgan fingerprint density at radius 1 is 1.13 bits per heavy atom. The highest BCUT2D eigenvalue weighted by molar-refractivity contribution is 9.10. The van der Waals surface area contributed by atoms with Gasteiger partial charge in [0, 0.05) is 22.3 Å². The van der Waals surface area contributed by atoms with E-state index in [1.54, 1.807) is 0 Å². The Morgan fingerprint density at radius 2 is 1.87 bits per heavy atom. The maximum Gasteiger partial charge on any atom is 0.153 e. The molecule has 0 radical (unpaired) electrons. The van der Waals surface area contributed by atoms with Crippen molar-refractivity contribution in [3.8, 4) is 11.3 Å². The zero-order chi connectivity index (χ0) is 16.8. The average Bonchev–Trinajstić information content (AvgIpc) is 2.76. The second kappa shape index (κ2) is 6.00. The lowest BCUT2D eigenvalue weighted by Gasteiger charge is -2.22. The van der Waals surface area contributed by atoms with Crippen LogP contribution in [0.4, 0.5) is 5.82 Å². The van der Waals surface area contributed by atoms with Crippen molar-refractivity contribution in [3.63, 3.8) is 0 Å². The summed E-state index contributed by atoms with van der Waals surface area (Å²) < 4.78 is 2.81. The summed E-state index contributed by atoms with van der Waals surface area (Å²) in [4.78, 5) is 4.79. The Bertz CT molecular complexity index is 881. The number of pyridine rings is 1. The highest BCUT2D eigenvalue weighted by Crippen LogP contribution is 2.35. The fourth-order valence-electron chi connectivity index (χ4n) is 2.38. The molecule has 0 aliphatic heterocycles. The molecule has 0 bridgehead atoms. The van der Waals surface area contributed by atoms with Crippen molar-refractivity contribution in [2.75, 3.05) is 5.32 Å². The summed E-state index contributed by atoms with van der Waals surface area (Å²) in [5.41, 5.74) is 2.47. The average molecular weight is 413 g/mol. The predicted octanol–water partition coefficient (Wildman–Crippen LogP) is 6.28. The number of imidazole rings is 1. The van der Waals surface area contributed by atoms with E-state index in [0.29, 0.717) is 10.0 Å². The number of fused-ring (bicyclic) bond motifs is 1. The van der Waals surface area contributed by atoms with Gasteiger partial charge in [-0.05, 0) is 54.9 Å².